The van der Waals surface area contributed by atoms with E-state index in [0.29, 0.717) is 56.9 Å². The Balaban J connectivity index is 1.70. The number of ether oxygens (including phenoxy) is 5. The first-order valence-corrected chi connectivity index (χ1v) is 27.9. The van der Waals surface area contributed by atoms with Crippen LogP contribution in [0.4, 0.5) is 0 Å². The van der Waals surface area contributed by atoms with Crippen molar-refractivity contribution < 1.29 is 62.4 Å². The number of carbonyl (C=O) groups excluding carboxylic acids is 5. The van der Waals surface area contributed by atoms with Crippen molar-refractivity contribution in [1.29, 1.82) is 0 Å². The van der Waals surface area contributed by atoms with Gasteiger partial charge in [0.15, 0.2) is 5.78 Å². The van der Waals surface area contributed by atoms with E-state index in [4.69, 9.17) is 23.7 Å². The lowest BCUT2D eigenvalue weighted by Crippen LogP contribution is -2.61. The SMILES string of the molecule is CO[C@H]1C[C@@H]2CC[C@@H](C)[C@@](O)(O2)C(=O)C(=O)N2CCCCC2C(=O)O[C@H]([C@H](C)C[C@@H]2CCC(S[P+](C)=O)[C@H](OC)C2)CC(=O)[C@H](C)/C=C(\C)[C@@H](O)[C@@H](OC)C(=O)[C@H](C)C[C@H](C)/C=C/C=CC=C1C. The molecule has 16 heteroatoms. The molecule has 1 aliphatic carbocycles. The summed E-state index contributed by atoms with van der Waals surface area (Å²) in [5.41, 5.74) is 1.27. The van der Waals surface area contributed by atoms with Crippen molar-refractivity contribution in [2.75, 3.05) is 34.5 Å². The number of nitrogens with zero attached hydrogens (tertiary/aromatic N) is 1. The van der Waals surface area contributed by atoms with E-state index in [-0.39, 0.29) is 60.1 Å². The second-order valence-corrected chi connectivity index (χ2v) is 24.0. The summed E-state index contributed by atoms with van der Waals surface area (Å²) in [6.07, 6.45) is 12.5. The number of hydrogen-bond acceptors (Lipinski definition) is 14. The molecule has 68 heavy (non-hydrogen) atoms. The Kier molecular flexibility index (Phi) is 23.0. The standard InChI is InChI=1S/C52H81NO13PS/c1-31-17-13-12-14-18-32(2)42(62-8)29-39-22-20-37(7)52(60,66-39)49(57)50(58)53-24-16-15-19-40(53)51(59)65-43(34(4)27-38-21-23-45(68-67(11)61)44(28-38)63-9)30-41(54)33(3)26-36(6)47(56)48(64-10)46(55)35(5)25-31/h12-14,17-18,26,31,33-35,37-40,42-45,47-48,56,60H,15-16,19-25,27-30H2,1-11H3/q+1/b14-12?,17-13+,32-18?,36-26+/t31-,33-,34-,35-,37-,38+,39+,40?,42+,43+,44-,45?,47-,48+,52-/m1/s1. The predicted octanol–water partition coefficient (Wildman–Crippen LogP) is 8.29. The molecule has 0 aromatic rings. The number of carbonyl (C=O) groups is 5. The number of esters is 1. The lowest BCUT2D eigenvalue weighted by Gasteiger charge is -2.42. The monoisotopic (exact) mass is 991 g/mol. The third kappa shape index (κ3) is 15.6. The molecule has 3 unspecified atom stereocenters. The van der Waals surface area contributed by atoms with Crippen molar-refractivity contribution in [3.05, 3.63) is 47.6 Å². The van der Waals surface area contributed by atoms with E-state index < -0.39 is 84.8 Å². The molecule has 0 spiro atoms. The Labute approximate surface area is 410 Å². The predicted molar refractivity (Wildman–Crippen MR) is 264 cm³/mol. The second kappa shape index (κ2) is 27.1. The molecule has 2 saturated heterocycles. The van der Waals surface area contributed by atoms with E-state index in [2.05, 4.69) is 0 Å². The molecule has 0 aromatic heterocycles. The number of amides is 1. The number of piperidine rings is 1. The van der Waals surface area contributed by atoms with Gasteiger partial charge in [0, 0.05) is 58.5 Å². The molecule has 382 valence electrons. The zero-order valence-electron chi connectivity index (χ0n) is 42.4. The molecule has 1 amide bonds. The van der Waals surface area contributed by atoms with Crippen molar-refractivity contribution >= 4 is 47.6 Å². The minimum absolute atomic E-state index is 0.0171. The fourth-order valence-electron chi connectivity index (χ4n) is 10.4. The number of Topliss-reactive ketones (excluding diaryl/α,β-unsaturated/α-hetero) is 3. The number of methoxy groups -OCH3 is 3. The van der Waals surface area contributed by atoms with Gasteiger partial charge in [-0.1, -0.05) is 75.6 Å². The molecule has 4 rings (SSSR count). The molecule has 1 saturated carbocycles. The molecule has 3 fully saturated rings. The molecular weight excluding hydrogens is 910 g/mol. The smallest absolute Gasteiger partial charge is 0.407 e. The Morgan fingerprint density at radius 1 is 0.897 bits per heavy atom. The summed E-state index contributed by atoms with van der Waals surface area (Å²) in [5, 5.41) is 23.5. The molecule has 2 N–H and O–H groups in total. The maximum absolute atomic E-state index is 14.5. The van der Waals surface area contributed by atoms with Gasteiger partial charge in [-0.3, -0.25) is 19.2 Å². The molecule has 2 bridgehead atoms. The highest BCUT2D eigenvalue weighted by Crippen LogP contribution is 2.46. The first kappa shape index (κ1) is 57.7. The number of aliphatic hydroxyl groups is 2. The third-order valence-corrected chi connectivity index (χ3v) is 17.5. The van der Waals surface area contributed by atoms with Crippen LogP contribution in [0.3, 0.4) is 0 Å². The van der Waals surface area contributed by atoms with Crippen LogP contribution in [0.1, 0.15) is 126 Å². The van der Waals surface area contributed by atoms with Crippen LogP contribution in [0.15, 0.2) is 47.6 Å². The average Bonchev–Trinajstić information content (AvgIpc) is 3.30. The second-order valence-electron chi connectivity index (χ2n) is 20.1. The Bertz CT molecular complexity index is 1890. The largest absolute Gasteiger partial charge is 0.460 e. The van der Waals surface area contributed by atoms with E-state index in [0.717, 1.165) is 18.4 Å². The highest BCUT2D eigenvalue weighted by Gasteiger charge is 2.53. The summed E-state index contributed by atoms with van der Waals surface area (Å²) >= 11 is 1.44. The summed E-state index contributed by atoms with van der Waals surface area (Å²) in [4.78, 5) is 72.2. The molecular formula is C52H81NO13PS+. The van der Waals surface area contributed by atoms with Gasteiger partial charge in [0.2, 0.25) is 5.79 Å². The summed E-state index contributed by atoms with van der Waals surface area (Å²) < 4.78 is 41.9. The highest BCUT2D eigenvalue weighted by molar-refractivity contribution is 8.51. The number of ketones is 3. The Hall–Kier alpha value is -2.88. The molecule has 3 heterocycles. The van der Waals surface area contributed by atoms with Crippen LogP contribution in [-0.2, 0) is 52.2 Å². The lowest BCUT2D eigenvalue weighted by atomic mass is 9.79. The zero-order valence-corrected chi connectivity index (χ0v) is 44.1. The van der Waals surface area contributed by atoms with Crippen LogP contribution < -0.4 is 0 Å². The van der Waals surface area contributed by atoms with E-state index in [1.807, 2.05) is 58.1 Å². The molecule has 0 aromatic carbocycles. The number of fused-ring (bicyclic) bond motifs is 3. The van der Waals surface area contributed by atoms with Crippen LogP contribution in [0.25, 0.3) is 0 Å². The maximum Gasteiger partial charge on any atom is 0.407 e. The van der Waals surface area contributed by atoms with Gasteiger partial charge in [-0.05, 0) is 107 Å². The fourth-order valence-corrected chi connectivity index (χ4v) is 13.3. The van der Waals surface area contributed by atoms with Gasteiger partial charge in [0.1, 0.15) is 48.2 Å². The van der Waals surface area contributed by atoms with Gasteiger partial charge in [-0.25, -0.2) is 4.79 Å². The number of rotatable bonds is 8. The lowest BCUT2D eigenvalue weighted by molar-refractivity contribution is -0.265. The summed E-state index contributed by atoms with van der Waals surface area (Å²) in [5.74, 6) is -7.90. The van der Waals surface area contributed by atoms with Crippen LogP contribution in [0.2, 0.25) is 0 Å². The number of hydrogen-bond donors (Lipinski definition) is 2. The first-order chi connectivity index (χ1) is 32.1. The average molecular weight is 991 g/mol. The van der Waals surface area contributed by atoms with Gasteiger partial charge in [0.25, 0.3) is 11.7 Å². The van der Waals surface area contributed by atoms with Crippen molar-refractivity contribution in [1.82, 2.24) is 4.90 Å². The normalized spacial score (nSPS) is 38.1. The quantitative estimate of drug-likeness (QED) is 0.102. The summed E-state index contributed by atoms with van der Waals surface area (Å²) in [6.45, 7) is 14.5. The third-order valence-electron chi connectivity index (χ3n) is 14.7. The van der Waals surface area contributed by atoms with Gasteiger partial charge in [-0.2, -0.15) is 0 Å². The minimum atomic E-state index is -2.43. The van der Waals surface area contributed by atoms with Gasteiger partial charge in [0.05, 0.1) is 23.6 Å². The van der Waals surface area contributed by atoms with Crippen molar-refractivity contribution in [2.45, 2.75) is 179 Å². The minimum Gasteiger partial charge on any atom is -0.460 e. The summed E-state index contributed by atoms with van der Waals surface area (Å²) in [6, 6.07) is -1.14. The van der Waals surface area contributed by atoms with E-state index >= 15 is 0 Å². The van der Waals surface area contributed by atoms with Gasteiger partial charge < -0.3 is 38.8 Å². The molecule has 14 nitrogen and oxygen atoms in total. The first-order valence-electron chi connectivity index (χ1n) is 24.7. The van der Waals surface area contributed by atoms with Crippen LogP contribution in [0, 0.1) is 35.5 Å². The van der Waals surface area contributed by atoms with E-state index in [1.54, 1.807) is 47.7 Å². The number of allylic oxidation sites excluding steroid dienone is 6. The van der Waals surface area contributed by atoms with E-state index in [1.165, 1.54) is 23.4 Å². The molecule has 0 radical (unpaired) electrons. The Morgan fingerprint density at radius 2 is 1.62 bits per heavy atom. The summed E-state index contributed by atoms with van der Waals surface area (Å²) in [7, 11) is 3.20. The Morgan fingerprint density at radius 3 is 2.28 bits per heavy atom. The van der Waals surface area contributed by atoms with Crippen molar-refractivity contribution in [2.24, 2.45) is 35.5 Å². The van der Waals surface area contributed by atoms with Crippen LogP contribution in [-0.4, -0.2) is 133 Å². The molecule has 4 aliphatic rings. The number of aliphatic hydroxyl groups excluding tert-OH is 1. The van der Waals surface area contributed by atoms with E-state index in [9.17, 15) is 38.8 Å². The highest BCUT2D eigenvalue weighted by atomic mass is 32.7. The van der Waals surface area contributed by atoms with Crippen LogP contribution >= 0.6 is 18.4 Å². The molecule has 3 aliphatic heterocycles. The van der Waals surface area contributed by atoms with Crippen LogP contribution in [0.5, 0.6) is 0 Å². The van der Waals surface area contributed by atoms with Crippen molar-refractivity contribution in [3.63, 3.8) is 0 Å². The van der Waals surface area contributed by atoms with Gasteiger partial charge in [-0.15, -0.1) is 0 Å². The topological polar surface area (TPSA) is 192 Å². The molecule has 16 atom stereocenters. The fraction of sp³-hybridized carbons (Fsp3) is 0.750. The zero-order chi connectivity index (χ0) is 50.5. The van der Waals surface area contributed by atoms with Gasteiger partial charge >= 0.3 is 13.0 Å². The number of cyclic esters (lactones) is 1. The maximum atomic E-state index is 14.5. The van der Waals surface area contributed by atoms with Crippen molar-refractivity contribution in [3.8, 4) is 0 Å².